The number of benzene rings is 1. The molecule has 1 aromatic rings. The fourth-order valence-corrected chi connectivity index (χ4v) is 3.32. The van der Waals surface area contributed by atoms with Gasteiger partial charge in [0.25, 0.3) is 5.91 Å². The number of piperazine rings is 1. The number of hydrogen-bond donors (Lipinski definition) is 2. The normalized spacial score (nSPS) is 26.1. The third-order valence-electron chi connectivity index (χ3n) is 4.52. The molecule has 1 aromatic carbocycles. The number of hydrogen-bond acceptors (Lipinski definition) is 3. The maximum atomic E-state index is 12.9. The number of fused-ring (bicyclic) bond motifs is 1. The summed E-state index contributed by atoms with van der Waals surface area (Å²) in [6, 6.07) is 3.97. The van der Waals surface area contributed by atoms with Crippen LogP contribution in [-0.4, -0.2) is 47.3 Å². The number of amides is 3. The van der Waals surface area contributed by atoms with Crippen molar-refractivity contribution >= 4 is 17.7 Å². The minimum atomic E-state index is -0.524. The van der Waals surface area contributed by atoms with E-state index in [9.17, 15) is 18.8 Å². The molecular formula is C17H20FN3O3. The zero-order valence-electron chi connectivity index (χ0n) is 13.4. The molecule has 0 bridgehead atoms. The van der Waals surface area contributed by atoms with Crippen LogP contribution < -0.4 is 10.6 Å². The Morgan fingerprint density at radius 2 is 2.04 bits per heavy atom. The predicted molar refractivity (Wildman–Crippen MR) is 84.6 cm³/mol. The Bertz CT molecular complexity index is 662. The van der Waals surface area contributed by atoms with Gasteiger partial charge in [0.15, 0.2) is 0 Å². The molecule has 0 spiro atoms. The molecule has 3 amide bonds. The molecule has 7 heteroatoms. The first-order valence-electron chi connectivity index (χ1n) is 8.17. The fraction of sp³-hybridized carbons (Fsp3) is 0.471. The number of rotatable bonds is 4. The van der Waals surface area contributed by atoms with Gasteiger partial charge in [0.2, 0.25) is 11.8 Å². The van der Waals surface area contributed by atoms with E-state index in [1.807, 2.05) is 6.92 Å². The molecule has 2 heterocycles. The van der Waals surface area contributed by atoms with Crippen LogP contribution >= 0.6 is 0 Å². The summed E-state index contributed by atoms with van der Waals surface area (Å²) in [6.45, 7) is 2.28. The van der Waals surface area contributed by atoms with Crippen molar-refractivity contribution in [3.05, 3.63) is 35.6 Å². The molecule has 2 fully saturated rings. The molecule has 2 N–H and O–H groups in total. The van der Waals surface area contributed by atoms with Gasteiger partial charge in [-0.05, 0) is 37.1 Å². The van der Waals surface area contributed by atoms with Gasteiger partial charge in [-0.15, -0.1) is 0 Å². The SMILES string of the molecule is CCC[C@@H]1NC(=O)[C@@H]2C[C@H](NC(=O)c3ccc(F)cc3)CN2C1=O. The van der Waals surface area contributed by atoms with E-state index in [4.69, 9.17) is 0 Å². The van der Waals surface area contributed by atoms with Gasteiger partial charge in [0.05, 0.1) is 0 Å². The topological polar surface area (TPSA) is 78.5 Å². The molecule has 2 aliphatic heterocycles. The molecule has 2 aliphatic rings. The molecule has 3 rings (SSSR count). The predicted octanol–water partition coefficient (Wildman–Crippen LogP) is 0.823. The highest BCUT2D eigenvalue weighted by atomic mass is 19.1. The van der Waals surface area contributed by atoms with Crippen LogP contribution in [-0.2, 0) is 9.59 Å². The van der Waals surface area contributed by atoms with E-state index >= 15 is 0 Å². The van der Waals surface area contributed by atoms with Gasteiger partial charge in [-0.25, -0.2) is 4.39 Å². The van der Waals surface area contributed by atoms with Crippen LogP contribution in [0.4, 0.5) is 4.39 Å². The average Bonchev–Trinajstić information content (AvgIpc) is 2.98. The van der Waals surface area contributed by atoms with Gasteiger partial charge in [-0.1, -0.05) is 13.3 Å². The van der Waals surface area contributed by atoms with E-state index < -0.39 is 17.9 Å². The third kappa shape index (κ3) is 3.11. The van der Waals surface area contributed by atoms with Crippen LogP contribution in [0.2, 0.25) is 0 Å². The van der Waals surface area contributed by atoms with Gasteiger partial charge in [-0.3, -0.25) is 14.4 Å². The molecule has 0 radical (unpaired) electrons. The molecule has 0 aliphatic carbocycles. The van der Waals surface area contributed by atoms with Crippen molar-refractivity contribution in [2.24, 2.45) is 0 Å². The van der Waals surface area contributed by atoms with Gasteiger partial charge in [0, 0.05) is 18.2 Å². The van der Waals surface area contributed by atoms with Crippen LogP contribution in [0.5, 0.6) is 0 Å². The van der Waals surface area contributed by atoms with Crippen molar-refractivity contribution in [2.75, 3.05) is 6.54 Å². The second-order valence-corrected chi connectivity index (χ2v) is 6.27. The Balaban J connectivity index is 1.66. The highest BCUT2D eigenvalue weighted by Crippen LogP contribution is 2.24. The molecule has 0 aromatic heterocycles. The van der Waals surface area contributed by atoms with Gasteiger partial charge < -0.3 is 15.5 Å². The molecule has 3 atom stereocenters. The first-order valence-corrected chi connectivity index (χ1v) is 8.17. The van der Waals surface area contributed by atoms with Crippen LogP contribution in [0.15, 0.2) is 24.3 Å². The third-order valence-corrected chi connectivity index (χ3v) is 4.52. The zero-order valence-corrected chi connectivity index (χ0v) is 13.4. The Morgan fingerprint density at radius 1 is 1.33 bits per heavy atom. The maximum Gasteiger partial charge on any atom is 0.251 e. The van der Waals surface area contributed by atoms with Gasteiger partial charge in [0.1, 0.15) is 17.9 Å². The Morgan fingerprint density at radius 3 is 2.71 bits per heavy atom. The summed E-state index contributed by atoms with van der Waals surface area (Å²) >= 11 is 0. The monoisotopic (exact) mass is 333 g/mol. The van der Waals surface area contributed by atoms with E-state index in [-0.39, 0.29) is 23.8 Å². The average molecular weight is 333 g/mol. The van der Waals surface area contributed by atoms with Gasteiger partial charge >= 0.3 is 0 Å². The second-order valence-electron chi connectivity index (χ2n) is 6.27. The first kappa shape index (κ1) is 16.4. The number of carbonyl (C=O) groups excluding carboxylic acids is 3. The summed E-state index contributed by atoms with van der Waals surface area (Å²) in [5, 5.41) is 5.59. The molecule has 128 valence electrons. The molecule has 0 saturated carbocycles. The molecule has 2 saturated heterocycles. The first-order chi connectivity index (χ1) is 11.5. The van der Waals surface area contributed by atoms with Crippen molar-refractivity contribution < 1.29 is 18.8 Å². The van der Waals surface area contributed by atoms with Crippen molar-refractivity contribution in [1.82, 2.24) is 15.5 Å². The van der Waals surface area contributed by atoms with Gasteiger partial charge in [-0.2, -0.15) is 0 Å². The summed E-state index contributed by atoms with van der Waals surface area (Å²) in [4.78, 5) is 38.4. The molecule has 6 nitrogen and oxygen atoms in total. The van der Waals surface area contributed by atoms with Crippen molar-refractivity contribution in [1.29, 1.82) is 0 Å². The van der Waals surface area contributed by atoms with Crippen LogP contribution in [0, 0.1) is 5.82 Å². The smallest absolute Gasteiger partial charge is 0.251 e. The fourth-order valence-electron chi connectivity index (χ4n) is 3.32. The van der Waals surface area contributed by atoms with Crippen molar-refractivity contribution in [3.8, 4) is 0 Å². The van der Waals surface area contributed by atoms with E-state index in [2.05, 4.69) is 10.6 Å². The lowest BCUT2D eigenvalue weighted by Gasteiger charge is -2.34. The largest absolute Gasteiger partial charge is 0.347 e. The van der Waals surface area contributed by atoms with Crippen LogP contribution in [0.25, 0.3) is 0 Å². The number of nitrogens with zero attached hydrogens (tertiary/aromatic N) is 1. The molecule has 24 heavy (non-hydrogen) atoms. The summed E-state index contributed by atoms with van der Waals surface area (Å²) in [6.07, 6.45) is 1.81. The Kier molecular flexibility index (Phi) is 4.51. The number of halogens is 1. The molecule has 0 unspecified atom stereocenters. The Labute approximate surface area is 139 Å². The number of nitrogens with one attached hydrogen (secondary N) is 2. The highest BCUT2D eigenvalue weighted by molar-refractivity contribution is 5.98. The van der Waals surface area contributed by atoms with Crippen LogP contribution in [0.3, 0.4) is 0 Å². The lowest BCUT2D eigenvalue weighted by Crippen LogP contribution is -2.61. The van der Waals surface area contributed by atoms with Crippen molar-refractivity contribution in [3.63, 3.8) is 0 Å². The van der Waals surface area contributed by atoms with Crippen LogP contribution in [0.1, 0.15) is 36.5 Å². The summed E-state index contributed by atoms with van der Waals surface area (Å²) in [7, 11) is 0. The summed E-state index contributed by atoms with van der Waals surface area (Å²) < 4.78 is 12.9. The lowest BCUT2D eigenvalue weighted by atomic mass is 10.0. The van der Waals surface area contributed by atoms with E-state index in [0.717, 1.165) is 6.42 Å². The quantitative estimate of drug-likeness (QED) is 0.856. The maximum absolute atomic E-state index is 12.9. The van der Waals surface area contributed by atoms with E-state index in [1.54, 1.807) is 4.90 Å². The lowest BCUT2D eigenvalue weighted by molar-refractivity contribution is -0.147. The number of carbonyl (C=O) groups is 3. The molecular weight excluding hydrogens is 313 g/mol. The van der Waals surface area contributed by atoms with E-state index in [0.29, 0.717) is 24.9 Å². The van der Waals surface area contributed by atoms with E-state index in [1.165, 1.54) is 24.3 Å². The highest BCUT2D eigenvalue weighted by Gasteiger charge is 2.46. The standard InChI is InChI=1S/C17H20FN3O3/c1-2-3-13-17(24)21-9-12(8-14(21)16(23)20-13)19-15(22)10-4-6-11(18)7-5-10/h4-7,12-14H,2-3,8-9H2,1H3,(H,19,22)(H,20,23)/t12-,13-,14-/m0/s1. The minimum Gasteiger partial charge on any atom is -0.347 e. The second kappa shape index (κ2) is 6.59. The van der Waals surface area contributed by atoms with Crippen molar-refractivity contribution in [2.45, 2.75) is 44.3 Å². The summed E-state index contributed by atoms with van der Waals surface area (Å²) in [5.74, 6) is -0.988. The zero-order chi connectivity index (χ0) is 17.3. The Hall–Kier alpha value is -2.44. The summed E-state index contributed by atoms with van der Waals surface area (Å²) in [5.41, 5.74) is 0.348. The minimum absolute atomic E-state index is 0.0834.